The Kier molecular flexibility index (Phi) is 7.40. The molecule has 2 aromatic rings. The number of fused-ring (bicyclic) bond motifs is 2. The van der Waals surface area contributed by atoms with Gasteiger partial charge in [-0.05, 0) is 26.8 Å². The number of carbonyl (C=O) groups is 4. The average Bonchev–Trinajstić information content (AvgIpc) is 2.85. The number of rotatable bonds is 6. The van der Waals surface area contributed by atoms with Crippen molar-refractivity contribution in [3.8, 4) is 0 Å². The summed E-state index contributed by atoms with van der Waals surface area (Å²) in [4.78, 5) is 54.1. The monoisotopic (exact) mass is 493 g/mol. The molecule has 0 atom stereocenters. The van der Waals surface area contributed by atoms with Crippen LogP contribution in [0.5, 0.6) is 0 Å². The largest absolute Gasteiger partial charge is 0.463 e. The van der Waals surface area contributed by atoms with Crippen molar-refractivity contribution in [3.63, 3.8) is 0 Å². The zero-order valence-corrected chi connectivity index (χ0v) is 20.8. The molecule has 36 heavy (non-hydrogen) atoms. The minimum atomic E-state index is -0.664. The van der Waals surface area contributed by atoms with Gasteiger partial charge in [-0.25, -0.2) is 4.79 Å². The number of anilines is 1. The number of amides is 1. The number of piperazine rings is 1. The van der Waals surface area contributed by atoms with Crippen LogP contribution in [-0.4, -0.2) is 80.0 Å². The van der Waals surface area contributed by atoms with E-state index in [9.17, 15) is 19.2 Å². The van der Waals surface area contributed by atoms with Crippen molar-refractivity contribution in [1.29, 1.82) is 0 Å². The van der Waals surface area contributed by atoms with E-state index in [-0.39, 0.29) is 24.7 Å². The molecule has 1 heterocycles. The molecule has 0 unspecified atom stereocenters. The maximum atomic E-state index is 13.3. The van der Waals surface area contributed by atoms with Crippen molar-refractivity contribution >= 4 is 29.3 Å². The summed E-state index contributed by atoms with van der Waals surface area (Å²) in [6.45, 7) is 8.53. The Hall–Kier alpha value is -3.72. The van der Waals surface area contributed by atoms with E-state index < -0.39 is 17.7 Å². The first-order valence-corrected chi connectivity index (χ1v) is 12.1. The zero-order chi connectivity index (χ0) is 25.9. The number of carbonyl (C=O) groups excluding carboxylic acids is 4. The van der Waals surface area contributed by atoms with Gasteiger partial charge in [0.25, 0.3) is 0 Å². The van der Waals surface area contributed by atoms with E-state index in [1.54, 1.807) is 51.1 Å². The molecule has 9 heteroatoms. The standard InChI is InChI=1S/C27H31N3O6/c1-27(2,3)36-26(34)28-17-22(31)35-16-15-29-11-13-30(14-12-29)21-10-6-9-20-23(21)25(33)19-8-5-4-7-18(19)24(20)32/h4-10H,11-17H2,1-3H3,(H,28,34). The number of ether oxygens (including phenoxy) is 2. The van der Waals surface area contributed by atoms with Crippen LogP contribution in [0.2, 0.25) is 0 Å². The third-order valence-corrected chi connectivity index (χ3v) is 6.09. The smallest absolute Gasteiger partial charge is 0.408 e. The first-order valence-electron chi connectivity index (χ1n) is 12.1. The molecule has 1 saturated heterocycles. The van der Waals surface area contributed by atoms with E-state index in [4.69, 9.17) is 9.47 Å². The molecule has 0 spiro atoms. The summed E-state index contributed by atoms with van der Waals surface area (Å²) < 4.78 is 10.3. The van der Waals surface area contributed by atoms with Crippen molar-refractivity contribution in [2.75, 3.05) is 50.8 Å². The summed E-state index contributed by atoms with van der Waals surface area (Å²) in [5, 5.41) is 2.38. The second-order valence-corrected chi connectivity index (χ2v) is 9.81. The maximum absolute atomic E-state index is 13.3. The lowest BCUT2D eigenvalue weighted by Gasteiger charge is -2.37. The van der Waals surface area contributed by atoms with Gasteiger partial charge in [0.1, 0.15) is 18.8 Å². The van der Waals surface area contributed by atoms with Crippen molar-refractivity contribution in [2.24, 2.45) is 0 Å². The molecule has 9 nitrogen and oxygen atoms in total. The molecule has 1 N–H and O–H groups in total. The number of hydrogen-bond donors (Lipinski definition) is 1. The van der Waals surface area contributed by atoms with Crippen molar-refractivity contribution in [2.45, 2.75) is 26.4 Å². The Balaban J connectivity index is 1.28. The second-order valence-electron chi connectivity index (χ2n) is 9.81. The highest BCUT2D eigenvalue weighted by Gasteiger charge is 2.33. The summed E-state index contributed by atoms with van der Waals surface area (Å²) in [5.41, 5.74) is 1.96. The van der Waals surface area contributed by atoms with E-state index in [0.717, 1.165) is 18.8 Å². The summed E-state index contributed by atoms with van der Waals surface area (Å²) in [6, 6.07) is 12.4. The highest BCUT2D eigenvalue weighted by molar-refractivity contribution is 6.30. The van der Waals surface area contributed by atoms with Gasteiger partial charge < -0.3 is 19.7 Å². The molecule has 4 rings (SSSR count). The Bertz CT molecular complexity index is 1180. The molecule has 0 saturated carbocycles. The molecule has 1 fully saturated rings. The predicted molar refractivity (Wildman–Crippen MR) is 134 cm³/mol. The normalized spacial score (nSPS) is 15.7. The van der Waals surface area contributed by atoms with Gasteiger partial charge in [0.05, 0.1) is 5.56 Å². The third kappa shape index (κ3) is 5.73. The van der Waals surface area contributed by atoms with Crippen LogP contribution in [0.1, 0.15) is 52.6 Å². The topological polar surface area (TPSA) is 105 Å². The number of hydrogen-bond acceptors (Lipinski definition) is 8. The molecule has 0 aromatic heterocycles. The van der Waals surface area contributed by atoms with E-state index in [1.165, 1.54) is 0 Å². The molecule has 0 bridgehead atoms. The maximum Gasteiger partial charge on any atom is 0.408 e. The van der Waals surface area contributed by atoms with Gasteiger partial charge in [-0.3, -0.25) is 19.3 Å². The number of alkyl carbamates (subject to hydrolysis) is 1. The molecule has 1 aliphatic heterocycles. The lowest BCUT2D eigenvalue weighted by molar-refractivity contribution is -0.143. The fourth-order valence-corrected chi connectivity index (χ4v) is 4.40. The Morgan fingerprint density at radius 2 is 1.53 bits per heavy atom. The number of ketones is 2. The fourth-order valence-electron chi connectivity index (χ4n) is 4.40. The number of nitrogens with zero attached hydrogens (tertiary/aromatic N) is 2. The van der Waals surface area contributed by atoms with Crippen LogP contribution >= 0.6 is 0 Å². The molecule has 190 valence electrons. The SMILES string of the molecule is CC(C)(C)OC(=O)NCC(=O)OCCN1CCN(c2cccc3c2C(=O)c2ccccc2C3=O)CC1. The summed E-state index contributed by atoms with van der Waals surface area (Å²) in [7, 11) is 0. The van der Waals surface area contributed by atoms with Crippen molar-refractivity contribution in [3.05, 3.63) is 64.7 Å². The average molecular weight is 494 g/mol. The van der Waals surface area contributed by atoms with Crippen LogP contribution in [-0.2, 0) is 14.3 Å². The Labute approximate surface area is 210 Å². The Morgan fingerprint density at radius 3 is 2.19 bits per heavy atom. The molecule has 0 radical (unpaired) electrons. The fraction of sp³-hybridized carbons (Fsp3) is 0.407. The van der Waals surface area contributed by atoms with Crippen molar-refractivity contribution < 1.29 is 28.7 Å². The van der Waals surface area contributed by atoms with Crippen LogP contribution in [0.3, 0.4) is 0 Å². The Morgan fingerprint density at radius 1 is 0.889 bits per heavy atom. The summed E-state index contributed by atoms with van der Waals surface area (Å²) in [6.07, 6.45) is -0.664. The lowest BCUT2D eigenvalue weighted by atomic mass is 9.83. The number of benzene rings is 2. The molecular formula is C27H31N3O6. The molecule has 1 aliphatic carbocycles. The molecule has 1 amide bonds. The second kappa shape index (κ2) is 10.5. The minimum Gasteiger partial charge on any atom is -0.463 e. The van der Waals surface area contributed by atoms with Crippen LogP contribution in [0.15, 0.2) is 42.5 Å². The van der Waals surface area contributed by atoms with Gasteiger partial charge in [0, 0.05) is 55.1 Å². The highest BCUT2D eigenvalue weighted by Crippen LogP contribution is 2.34. The van der Waals surface area contributed by atoms with E-state index >= 15 is 0 Å². The third-order valence-electron chi connectivity index (χ3n) is 6.09. The first-order chi connectivity index (χ1) is 17.1. The predicted octanol–water partition coefficient (Wildman–Crippen LogP) is 2.65. The van der Waals surface area contributed by atoms with Crippen LogP contribution in [0, 0.1) is 0 Å². The summed E-state index contributed by atoms with van der Waals surface area (Å²) in [5.74, 6) is -0.771. The van der Waals surface area contributed by atoms with Crippen molar-refractivity contribution in [1.82, 2.24) is 10.2 Å². The zero-order valence-electron chi connectivity index (χ0n) is 20.8. The van der Waals surface area contributed by atoms with E-state index in [1.807, 2.05) is 12.1 Å². The van der Waals surface area contributed by atoms with Gasteiger partial charge in [-0.15, -0.1) is 0 Å². The molecular weight excluding hydrogens is 462 g/mol. The van der Waals surface area contributed by atoms with Gasteiger partial charge in [0.15, 0.2) is 11.6 Å². The van der Waals surface area contributed by atoms with Crippen LogP contribution in [0.25, 0.3) is 0 Å². The van der Waals surface area contributed by atoms with E-state index in [2.05, 4.69) is 15.1 Å². The lowest BCUT2D eigenvalue weighted by Crippen LogP contribution is -2.48. The highest BCUT2D eigenvalue weighted by atomic mass is 16.6. The van der Waals surface area contributed by atoms with Gasteiger partial charge in [-0.2, -0.15) is 0 Å². The summed E-state index contributed by atoms with van der Waals surface area (Å²) >= 11 is 0. The molecule has 2 aromatic carbocycles. The van der Waals surface area contributed by atoms with Gasteiger partial charge >= 0.3 is 12.1 Å². The first kappa shape index (κ1) is 25.4. The van der Waals surface area contributed by atoms with Crippen LogP contribution < -0.4 is 10.2 Å². The number of esters is 1. The molecule has 2 aliphatic rings. The van der Waals surface area contributed by atoms with Gasteiger partial charge in [-0.1, -0.05) is 36.4 Å². The quantitative estimate of drug-likeness (QED) is 0.523. The minimum absolute atomic E-state index is 0.120. The van der Waals surface area contributed by atoms with E-state index in [0.29, 0.717) is 41.9 Å². The van der Waals surface area contributed by atoms with Crippen LogP contribution in [0.4, 0.5) is 10.5 Å². The number of nitrogens with one attached hydrogen (secondary N) is 1. The van der Waals surface area contributed by atoms with Gasteiger partial charge in [0.2, 0.25) is 0 Å².